The molecule has 1 aliphatic rings. The standard InChI is InChI=1S/C15H19ClFNO3/c1-21-15(20)14(19)11-4-6-18(7-5-11)9-10-2-3-12(16)13(17)8-10/h2-3,8,11,14,19H,4-7,9H2,1H3/t14-/m0/s1. The van der Waals surface area contributed by atoms with E-state index < -0.39 is 17.9 Å². The summed E-state index contributed by atoms with van der Waals surface area (Å²) in [6.07, 6.45) is 0.378. The maximum Gasteiger partial charge on any atom is 0.334 e. The number of hydrogen-bond donors (Lipinski definition) is 1. The van der Waals surface area contributed by atoms with E-state index in [0.717, 1.165) is 18.7 Å². The van der Waals surface area contributed by atoms with Gasteiger partial charge in [-0.05, 0) is 49.5 Å². The molecule has 1 aromatic carbocycles. The predicted molar refractivity (Wildman–Crippen MR) is 77.4 cm³/mol. The Morgan fingerprint density at radius 1 is 1.52 bits per heavy atom. The van der Waals surface area contributed by atoms with Crippen LogP contribution in [0.4, 0.5) is 4.39 Å². The highest BCUT2D eigenvalue weighted by atomic mass is 35.5. The summed E-state index contributed by atoms with van der Waals surface area (Å²) in [6, 6.07) is 4.80. The van der Waals surface area contributed by atoms with E-state index >= 15 is 0 Å². The number of methoxy groups -OCH3 is 1. The molecular formula is C15H19ClFNO3. The largest absolute Gasteiger partial charge is 0.467 e. The van der Waals surface area contributed by atoms with Gasteiger partial charge in [-0.25, -0.2) is 9.18 Å². The predicted octanol–water partition coefficient (Wildman–Crippen LogP) is 2.22. The minimum Gasteiger partial charge on any atom is -0.467 e. The summed E-state index contributed by atoms with van der Waals surface area (Å²) in [5.41, 5.74) is 0.865. The molecule has 1 fully saturated rings. The minimum atomic E-state index is -1.05. The third-order valence-corrected chi connectivity index (χ3v) is 4.22. The van der Waals surface area contributed by atoms with E-state index in [9.17, 15) is 14.3 Å². The fourth-order valence-electron chi connectivity index (χ4n) is 2.64. The van der Waals surface area contributed by atoms with Crippen molar-refractivity contribution >= 4 is 17.6 Å². The van der Waals surface area contributed by atoms with Crippen LogP contribution in [-0.2, 0) is 16.1 Å². The number of halogens is 2. The average Bonchev–Trinajstić information content (AvgIpc) is 2.50. The highest BCUT2D eigenvalue weighted by Crippen LogP contribution is 2.23. The van der Waals surface area contributed by atoms with Crippen LogP contribution in [0.15, 0.2) is 18.2 Å². The van der Waals surface area contributed by atoms with Crippen LogP contribution in [0.2, 0.25) is 5.02 Å². The topological polar surface area (TPSA) is 49.8 Å². The van der Waals surface area contributed by atoms with Gasteiger partial charge in [0.05, 0.1) is 12.1 Å². The van der Waals surface area contributed by atoms with Gasteiger partial charge in [-0.1, -0.05) is 17.7 Å². The molecule has 6 heteroatoms. The lowest BCUT2D eigenvalue weighted by Gasteiger charge is -2.33. The molecule has 1 atom stereocenters. The van der Waals surface area contributed by atoms with Crippen molar-refractivity contribution in [1.29, 1.82) is 0 Å². The van der Waals surface area contributed by atoms with Gasteiger partial charge in [-0.15, -0.1) is 0 Å². The summed E-state index contributed by atoms with van der Waals surface area (Å²) in [4.78, 5) is 13.5. The molecule has 1 aromatic rings. The first kappa shape index (κ1) is 16.2. The summed E-state index contributed by atoms with van der Waals surface area (Å²) in [6.45, 7) is 2.14. The molecule has 0 unspecified atom stereocenters. The number of carbonyl (C=O) groups excluding carboxylic acids is 1. The molecule has 0 saturated carbocycles. The number of esters is 1. The van der Waals surface area contributed by atoms with E-state index in [1.807, 2.05) is 0 Å². The molecule has 2 rings (SSSR count). The molecule has 21 heavy (non-hydrogen) atoms. The van der Waals surface area contributed by atoms with Crippen molar-refractivity contribution in [3.8, 4) is 0 Å². The number of piperidine rings is 1. The third-order valence-electron chi connectivity index (χ3n) is 3.91. The minimum absolute atomic E-state index is 0.0735. The van der Waals surface area contributed by atoms with E-state index in [2.05, 4.69) is 9.64 Å². The maximum absolute atomic E-state index is 13.4. The Hall–Kier alpha value is -1.17. The second-order valence-corrected chi connectivity index (χ2v) is 5.74. The summed E-state index contributed by atoms with van der Waals surface area (Å²) >= 11 is 5.66. The normalized spacial score (nSPS) is 18.5. The van der Waals surface area contributed by atoms with Gasteiger partial charge in [0, 0.05) is 6.54 Å². The molecule has 0 aliphatic carbocycles. The van der Waals surface area contributed by atoms with E-state index in [4.69, 9.17) is 11.6 Å². The van der Waals surface area contributed by atoms with Gasteiger partial charge in [0.15, 0.2) is 6.10 Å². The first-order valence-corrected chi connectivity index (χ1v) is 7.31. The van der Waals surface area contributed by atoms with Crippen molar-refractivity contribution < 1.29 is 19.0 Å². The fourth-order valence-corrected chi connectivity index (χ4v) is 2.75. The molecule has 0 amide bonds. The molecule has 0 aromatic heterocycles. The summed E-state index contributed by atoms with van der Waals surface area (Å²) in [7, 11) is 1.27. The Labute approximate surface area is 128 Å². The molecular weight excluding hydrogens is 297 g/mol. The van der Waals surface area contributed by atoms with Crippen LogP contribution >= 0.6 is 11.6 Å². The number of rotatable bonds is 4. The van der Waals surface area contributed by atoms with Crippen LogP contribution in [0.1, 0.15) is 18.4 Å². The number of carbonyl (C=O) groups is 1. The van der Waals surface area contributed by atoms with Crippen LogP contribution in [0.5, 0.6) is 0 Å². The molecule has 1 heterocycles. The monoisotopic (exact) mass is 315 g/mol. The maximum atomic E-state index is 13.4. The Morgan fingerprint density at radius 3 is 2.76 bits per heavy atom. The van der Waals surface area contributed by atoms with Crippen LogP contribution in [0.25, 0.3) is 0 Å². The molecule has 1 aliphatic heterocycles. The molecule has 4 nitrogen and oxygen atoms in total. The quantitative estimate of drug-likeness (QED) is 0.866. The first-order chi connectivity index (χ1) is 10.0. The van der Waals surface area contributed by atoms with Crippen LogP contribution in [0, 0.1) is 11.7 Å². The van der Waals surface area contributed by atoms with Crippen molar-refractivity contribution in [2.45, 2.75) is 25.5 Å². The second kappa shape index (κ2) is 7.20. The Bertz CT molecular complexity index is 504. The Kier molecular flexibility index (Phi) is 5.56. The van der Waals surface area contributed by atoms with Crippen molar-refractivity contribution in [1.82, 2.24) is 4.90 Å². The summed E-state index contributed by atoms with van der Waals surface area (Å²) < 4.78 is 17.9. The van der Waals surface area contributed by atoms with Gasteiger partial charge in [-0.3, -0.25) is 4.90 Å². The molecule has 1 N–H and O–H groups in total. The zero-order valence-corrected chi connectivity index (χ0v) is 12.6. The van der Waals surface area contributed by atoms with Crippen LogP contribution in [0.3, 0.4) is 0 Å². The van der Waals surface area contributed by atoms with E-state index in [1.165, 1.54) is 13.2 Å². The highest BCUT2D eigenvalue weighted by Gasteiger charge is 2.30. The van der Waals surface area contributed by atoms with Crippen molar-refractivity contribution in [2.24, 2.45) is 5.92 Å². The second-order valence-electron chi connectivity index (χ2n) is 5.33. The lowest BCUT2D eigenvalue weighted by atomic mass is 9.91. The fraction of sp³-hybridized carbons (Fsp3) is 0.533. The lowest BCUT2D eigenvalue weighted by Crippen LogP contribution is -2.40. The van der Waals surface area contributed by atoms with Gasteiger partial charge in [-0.2, -0.15) is 0 Å². The SMILES string of the molecule is COC(=O)[C@@H](O)C1CCN(Cc2ccc(Cl)c(F)c2)CC1. The Balaban J connectivity index is 1.86. The number of aliphatic hydroxyl groups is 1. The van der Waals surface area contributed by atoms with E-state index in [1.54, 1.807) is 12.1 Å². The number of nitrogens with zero attached hydrogens (tertiary/aromatic N) is 1. The molecule has 0 spiro atoms. The van der Waals surface area contributed by atoms with E-state index in [0.29, 0.717) is 19.4 Å². The van der Waals surface area contributed by atoms with Gasteiger partial charge < -0.3 is 9.84 Å². The number of benzene rings is 1. The zero-order chi connectivity index (χ0) is 15.4. The Morgan fingerprint density at radius 2 is 2.19 bits per heavy atom. The van der Waals surface area contributed by atoms with Crippen LogP contribution in [-0.4, -0.2) is 42.3 Å². The van der Waals surface area contributed by atoms with Crippen molar-refractivity contribution in [3.63, 3.8) is 0 Å². The average molecular weight is 316 g/mol. The smallest absolute Gasteiger partial charge is 0.334 e. The first-order valence-electron chi connectivity index (χ1n) is 6.93. The number of aliphatic hydroxyl groups excluding tert-OH is 1. The summed E-state index contributed by atoms with van der Waals surface area (Å²) in [5.74, 6) is -1.06. The summed E-state index contributed by atoms with van der Waals surface area (Å²) in [5, 5.41) is 9.95. The van der Waals surface area contributed by atoms with Gasteiger partial charge in [0.2, 0.25) is 0 Å². The lowest BCUT2D eigenvalue weighted by molar-refractivity contribution is -0.154. The van der Waals surface area contributed by atoms with Gasteiger partial charge in [0.1, 0.15) is 5.82 Å². The van der Waals surface area contributed by atoms with E-state index in [-0.39, 0.29) is 10.9 Å². The third kappa shape index (κ3) is 4.15. The van der Waals surface area contributed by atoms with Crippen molar-refractivity contribution in [3.05, 3.63) is 34.6 Å². The number of hydrogen-bond acceptors (Lipinski definition) is 4. The highest BCUT2D eigenvalue weighted by molar-refractivity contribution is 6.30. The molecule has 116 valence electrons. The number of likely N-dealkylation sites (tertiary alicyclic amines) is 1. The van der Waals surface area contributed by atoms with Gasteiger partial charge >= 0.3 is 5.97 Å². The zero-order valence-electron chi connectivity index (χ0n) is 11.9. The molecule has 0 bridgehead atoms. The number of ether oxygens (including phenoxy) is 1. The van der Waals surface area contributed by atoms with Gasteiger partial charge in [0.25, 0.3) is 0 Å². The van der Waals surface area contributed by atoms with Crippen molar-refractivity contribution in [2.75, 3.05) is 20.2 Å². The van der Waals surface area contributed by atoms with Crippen LogP contribution < -0.4 is 0 Å². The molecule has 1 saturated heterocycles. The molecule has 0 radical (unpaired) electrons.